The average Bonchev–Trinajstić information content (AvgIpc) is 2.54. The number of aryl methyl sites for hydroxylation is 2. The largest absolute Gasteiger partial charge is 0.362 e. The second kappa shape index (κ2) is 4.19. The minimum Gasteiger partial charge on any atom is -0.362 e. The lowest BCUT2D eigenvalue weighted by Crippen LogP contribution is -2.20. The van der Waals surface area contributed by atoms with Gasteiger partial charge in [0.1, 0.15) is 0 Å². The third-order valence-corrected chi connectivity index (χ3v) is 3.10. The summed E-state index contributed by atoms with van der Waals surface area (Å²) in [5, 5.41) is 2.93. The van der Waals surface area contributed by atoms with Crippen LogP contribution in [0.25, 0.3) is 0 Å². The van der Waals surface area contributed by atoms with E-state index < -0.39 is 0 Å². The van der Waals surface area contributed by atoms with Gasteiger partial charge in [-0.15, -0.1) is 0 Å². The van der Waals surface area contributed by atoms with E-state index in [0.29, 0.717) is 6.54 Å². The highest BCUT2D eigenvalue weighted by molar-refractivity contribution is 6.00. The van der Waals surface area contributed by atoms with E-state index >= 15 is 0 Å². The van der Waals surface area contributed by atoms with E-state index in [2.05, 4.69) is 10.3 Å². The maximum atomic E-state index is 11.9. The molecule has 2 N–H and O–H groups in total. The Labute approximate surface area is 90.3 Å². The van der Waals surface area contributed by atoms with Gasteiger partial charge in [0, 0.05) is 17.0 Å². The van der Waals surface area contributed by atoms with E-state index in [-0.39, 0.29) is 5.78 Å². The van der Waals surface area contributed by atoms with Gasteiger partial charge in [0.05, 0.1) is 6.54 Å². The van der Waals surface area contributed by atoms with E-state index in [1.807, 2.05) is 14.0 Å². The first-order valence-corrected chi connectivity index (χ1v) is 5.62. The minimum atomic E-state index is 0.217. The van der Waals surface area contributed by atoms with E-state index in [4.69, 9.17) is 0 Å². The van der Waals surface area contributed by atoms with E-state index in [1.54, 1.807) is 0 Å². The van der Waals surface area contributed by atoms with Gasteiger partial charge < -0.3 is 10.3 Å². The third-order valence-electron chi connectivity index (χ3n) is 3.10. The van der Waals surface area contributed by atoms with Gasteiger partial charge in [0.2, 0.25) is 0 Å². The zero-order valence-corrected chi connectivity index (χ0v) is 9.44. The van der Waals surface area contributed by atoms with Gasteiger partial charge in [-0.2, -0.15) is 0 Å². The van der Waals surface area contributed by atoms with Crippen molar-refractivity contribution in [1.29, 1.82) is 0 Å². The lowest BCUT2D eigenvalue weighted by atomic mass is 9.93. The molecular formula is C12H18N2O. The number of likely N-dealkylation sites (N-methyl/N-ethyl adjacent to an activating group) is 1. The first-order chi connectivity index (χ1) is 7.24. The Hall–Kier alpha value is -1.09. The van der Waals surface area contributed by atoms with Gasteiger partial charge in [-0.3, -0.25) is 4.79 Å². The molecule has 0 amide bonds. The number of nitrogens with one attached hydrogen (secondary N) is 2. The molecule has 1 aromatic heterocycles. The topological polar surface area (TPSA) is 44.9 Å². The van der Waals surface area contributed by atoms with Crippen molar-refractivity contribution in [3.05, 3.63) is 22.5 Å². The molecule has 0 saturated carbocycles. The van der Waals surface area contributed by atoms with Crippen molar-refractivity contribution in [2.24, 2.45) is 0 Å². The number of hydrogen-bond donors (Lipinski definition) is 2. The molecule has 0 saturated heterocycles. The van der Waals surface area contributed by atoms with Crippen LogP contribution in [0, 0.1) is 6.92 Å². The highest BCUT2D eigenvalue weighted by atomic mass is 16.1. The molecule has 1 aliphatic carbocycles. The maximum absolute atomic E-state index is 11.9. The summed E-state index contributed by atoms with van der Waals surface area (Å²) in [5.74, 6) is 0.217. The third kappa shape index (κ3) is 1.84. The molecule has 3 nitrogen and oxygen atoms in total. The molecule has 0 spiro atoms. The number of rotatable bonds is 3. The van der Waals surface area contributed by atoms with Gasteiger partial charge in [0.25, 0.3) is 0 Å². The average molecular weight is 206 g/mol. The fraction of sp³-hybridized carbons (Fsp3) is 0.583. The number of ketones is 1. The van der Waals surface area contributed by atoms with E-state index in [1.165, 1.54) is 24.1 Å². The predicted octanol–water partition coefficient (Wildman–Crippen LogP) is 1.60. The van der Waals surface area contributed by atoms with Crippen LogP contribution in [0.4, 0.5) is 0 Å². The van der Waals surface area contributed by atoms with Crippen LogP contribution >= 0.6 is 0 Å². The summed E-state index contributed by atoms with van der Waals surface area (Å²) >= 11 is 0. The van der Waals surface area contributed by atoms with Crippen LogP contribution in [-0.4, -0.2) is 24.4 Å². The van der Waals surface area contributed by atoms with Crippen LogP contribution in [0.2, 0.25) is 0 Å². The summed E-state index contributed by atoms with van der Waals surface area (Å²) in [7, 11) is 1.81. The van der Waals surface area contributed by atoms with Crippen LogP contribution < -0.4 is 5.32 Å². The first kappa shape index (κ1) is 10.4. The molecule has 0 bridgehead atoms. The van der Waals surface area contributed by atoms with Crippen LogP contribution in [0.3, 0.4) is 0 Å². The molecule has 0 radical (unpaired) electrons. The predicted molar refractivity (Wildman–Crippen MR) is 60.4 cm³/mol. The number of carbonyl (C=O) groups excluding carboxylic acids is 1. The van der Waals surface area contributed by atoms with Crippen molar-refractivity contribution in [2.45, 2.75) is 32.6 Å². The second-order valence-electron chi connectivity index (χ2n) is 4.24. The van der Waals surface area contributed by atoms with E-state index in [0.717, 1.165) is 24.1 Å². The quantitative estimate of drug-likeness (QED) is 0.738. The normalized spacial score (nSPS) is 15.1. The fourth-order valence-electron chi connectivity index (χ4n) is 2.46. The fourth-order valence-corrected chi connectivity index (χ4v) is 2.46. The van der Waals surface area contributed by atoms with Gasteiger partial charge in [-0.05, 0) is 45.2 Å². The number of aromatic nitrogens is 1. The van der Waals surface area contributed by atoms with Crippen LogP contribution in [-0.2, 0) is 12.8 Å². The zero-order chi connectivity index (χ0) is 10.8. The molecule has 1 heterocycles. The highest BCUT2D eigenvalue weighted by Gasteiger charge is 2.21. The van der Waals surface area contributed by atoms with Crippen molar-refractivity contribution in [2.75, 3.05) is 13.6 Å². The Morgan fingerprint density at radius 2 is 2.13 bits per heavy atom. The second-order valence-corrected chi connectivity index (χ2v) is 4.24. The summed E-state index contributed by atoms with van der Waals surface area (Å²) in [6, 6.07) is 0. The lowest BCUT2D eigenvalue weighted by molar-refractivity contribution is 0.0992. The van der Waals surface area contributed by atoms with Crippen molar-refractivity contribution in [3.63, 3.8) is 0 Å². The van der Waals surface area contributed by atoms with Crippen molar-refractivity contribution >= 4 is 5.78 Å². The summed E-state index contributed by atoms with van der Waals surface area (Å²) in [4.78, 5) is 15.3. The standard InChI is InChI=1S/C12H18N2O/c1-8-12(11(15)7-13-2)9-5-3-4-6-10(9)14-8/h13-14H,3-7H2,1-2H3. The number of carbonyl (C=O) groups is 1. The molecule has 15 heavy (non-hydrogen) atoms. The van der Waals surface area contributed by atoms with Gasteiger partial charge in [-0.1, -0.05) is 0 Å². The van der Waals surface area contributed by atoms with Crippen molar-refractivity contribution < 1.29 is 4.79 Å². The Morgan fingerprint density at radius 1 is 1.40 bits per heavy atom. The lowest BCUT2D eigenvalue weighted by Gasteiger charge is -2.12. The molecule has 1 aromatic rings. The van der Waals surface area contributed by atoms with Gasteiger partial charge >= 0.3 is 0 Å². The zero-order valence-electron chi connectivity index (χ0n) is 9.44. The monoisotopic (exact) mass is 206 g/mol. The molecule has 0 atom stereocenters. The number of hydrogen-bond acceptors (Lipinski definition) is 2. The Morgan fingerprint density at radius 3 is 2.87 bits per heavy atom. The maximum Gasteiger partial charge on any atom is 0.178 e. The molecule has 0 fully saturated rings. The molecule has 1 aliphatic rings. The Kier molecular flexibility index (Phi) is 2.91. The van der Waals surface area contributed by atoms with Crippen LogP contribution in [0.15, 0.2) is 0 Å². The molecule has 82 valence electrons. The van der Waals surface area contributed by atoms with Crippen LogP contribution in [0.1, 0.15) is 40.2 Å². The molecule has 3 heteroatoms. The highest BCUT2D eigenvalue weighted by Crippen LogP contribution is 2.26. The van der Waals surface area contributed by atoms with Crippen molar-refractivity contribution in [1.82, 2.24) is 10.3 Å². The smallest absolute Gasteiger partial charge is 0.178 e. The van der Waals surface area contributed by atoms with Crippen molar-refractivity contribution in [3.8, 4) is 0 Å². The number of fused-ring (bicyclic) bond motifs is 1. The van der Waals surface area contributed by atoms with Gasteiger partial charge in [0.15, 0.2) is 5.78 Å². The van der Waals surface area contributed by atoms with E-state index in [9.17, 15) is 4.79 Å². The summed E-state index contributed by atoms with van der Waals surface area (Å²) in [6.45, 7) is 2.44. The van der Waals surface area contributed by atoms with Crippen LogP contribution in [0.5, 0.6) is 0 Å². The summed E-state index contributed by atoms with van der Waals surface area (Å²) in [6.07, 6.45) is 4.62. The summed E-state index contributed by atoms with van der Waals surface area (Å²) in [5.41, 5.74) is 4.55. The first-order valence-electron chi connectivity index (χ1n) is 5.62. The number of Topliss-reactive ketones (excluding diaryl/α,β-unsaturated/α-hetero) is 1. The Balaban J connectivity index is 2.37. The molecule has 0 unspecified atom stereocenters. The molecular weight excluding hydrogens is 188 g/mol. The summed E-state index contributed by atoms with van der Waals surface area (Å²) < 4.78 is 0. The minimum absolute atomic E-state index is 0.217. The SMILES string of the molecule is CNCC(=O)c1c(C)[nH]c2c1CCCC2. The Bertz CT molecular complexity index is 379. The number of aromatic amines is 1. The molecule has 0 aromatic carbocycles. The number of H-pyrrole nitrogens is 1. The molecule has 0 aliphatic heterocycles. The molecule has 2 rings (SSSR count). The van der Waals surface area contributed by atoms with Gasteiger partial charge in [-0.25, -0.2) is 0 Å².